The summed E-state index contributed by atoms with van der Waals surface area (Å²) in [5, 5.41) is 0. The number of nitrogens with two attached hydrogens (primary N) is 1. The molecule has 4 rings (SSSR count). The van der Waals surface area contributed by atoms with E-state index in [0.29, 0.717) is 31.3 Å². The van der Waals surface area contributed by atoms with Gasteiger partial charge < -0.3 is 5.73 Å². The van der Waals surface area contributed by atoms with Gasteiger partial charge in [-0.3, -0.25) is 9.78 Å². The number of fused-ring (bicyclic) bond motifs is 2. The summed E-state index contributed by atoms with van der Waals surface area (Å²) in [6.07, 6.45) is 2.17. The summed E-state index contributed by atoms with van der Waals surface area (Å²) in [6, 6.07) is 3.76. The molecule has 148 valence electrons. The van der Waals surface area contributed by atoms with Gasteiger partial charge in [-0.1, -0.05) is 17.7 Å². The third-order valence-electron chi connectivity index (χ3n) is 6.40. The number of hydrogen-bond acceptors (Lipinski definition) is 2. The molecule has 2 atom stereocenters. The first-order chi connectivity index (χ1) is 13.3. The van der Waals surface area contributed by atoms with Crippen LogP contribution in [0, 0.1) is 18.8 Å². The molecule has 0 radical (unpaired) electrons. The van der Waals surface area contributed by atoms with E-state index in [2.05, 4.69) is 4.98 Å². The summed E-state index contributed by atoms with van der Waals surface area (Å²) in [6.45, 7) is 1.89. The Labute approximate surface area is 162 Å². The number of allylic oxidation sites excluding steroid dienone is 4. The van der Waals surface area contributed by atoms with Crippen LogP contribution in [0.1, 0.15) is 49.8 Å². The third kappa shape index (κ3) is 3.19. The molecule has 3 aliphatic carbocycles. The lowest BCUT2D eigenvalue weighted by Crippen LogP contribution is -2.32. The zero-order valence-corrected chi connectivity index (χ0v) is 15.8. The lowest BCUT2D eigenvalue weighted by Gasteiger charge is -2.40. The molecular weight excluding hydrogens is 365 g/mol. The second-order valence-corrected chi connectivity index (χ2v) is 7.93. The number of amides is 1. The second-order valence-electron chi connectivity index (χ2n) is 7.93. The summed E-state index contributed by atoms with van der Waals surface area (Å²) in [5.74, 6) is -1.69. The number of primary amides is 1. The fourth-order valence-corrected chi connectivity index (χ4v) is 5.07. The van der Waals surface area contributed by atoms with E-state index in [0.717, 1.165) is 33.5 Å². The zero-order chi connectivity index (χ0) is 20.1. The standard InChI is InChI=1S/C22H23F3N2O/c1-12-15(3-2-10-27-12)20-18-6-4-13-11-14(22(23,24)25)5-7-16(13)17(18)8-9-19(20)21(26)28/h2-3,9-10,13-14H,4-8,11H2,1H3,(H2,26,28). The monoisotopic (exact) mass is 388 g/mol. The van der Waals surface area contributed by atoms with Crippen LogP contribution in [-0.2, 0) is 4.79 Å². The molecule has 1 aromatic rings. The molecule has 0 aliphatic heterocycles. The van der Waals surface area contributed by atoms with E-state index in [1.54, 1.807) is 6.20 Å². The molecule has 1 fully saturated rings. The summed E-state index contributed by atoms with van der Waals surface area (Å²) in [7, 11) is 0. The number of carbonyl (C=O) groups excluding carboxylic acids is 1. The van der Waals surface area contributed by atoms with Crippen molar-refractivity contribution in [1.82, 2.24) is 4.98 Å². The number of aryl methyl sites for hydroxylation is 1. The van der Waals surface area contributed by atoms with Crippen molar-refractivity contribution >= 4 is 11.5 Å². The largest absolute Gasteiger partial charge is 0.391 e. The Balaban J connectivity index is 1.81. The van der Waals surface area contributed by atoms with Crippen LogP contribution in [0.25, 0.3) is 5.57 Å². The number of carbonyl (C=O) groups is 1. The van der Waals surface area contributed by atoms with Crippen molar-refractivity contribution in [3.63, 3.8) is 0 Å². The van der Waals surface area contributed by atoms with Crippen LogP contribution >= 0.6 is 0 Å². The summed E-state index contributed by atoms with van der Waals surface area (Å²) >= 11 is 0. The highest BCUT2D eigenvalue weighted by molar-refractivity contribution is 6.10. The summed E-state index contributed by atoms with van der Waals surface area (Å²) in [4.78, 5) is 16.5. The first-order valence-electron chi connectivity index (χ1n) is 9.71. The Bertz CT molecular complexity index is 924. The van der Waals surface area contributed by atoms with Crippen LogP contribution in [0.5, 0.6) is 0 Å². The first kappa shape index (κ1) is 19.0. The van der Waals surface area contributed by atoms with E-state index in [-0.39, 0.29) is 18.8 Å². The minimum Gasteiger partial charge on any atom is -0.366 e. The van der Waals surface area contributed by atoms with Gasteiger partial charge in [0.1, 0.15) is 0 Å². The van der Waals surface area contributed by atoms with Crippen molar-refractivity contribution in [3.8, 4) is 0 Å². The maximum absolute atomic E-state index is 13.2. The predicted octanol–water partition coefficient (Wildman–Crippen LogP) is 5.03. The van der Waals surface area contributed by atoms with Crippen LogP contribution in [0.3, 0.4) is 0 Å². The van der Waals surface area contributed by atoms with Gasteiger partial charge in [0.2, 0.25) is 5.91 Å². The van der Waals surface area contributed by atoms with Gasteiger partial charge in [-0.05, 0) is 74.2 Å². The number of alkyl halides is 3. The molecule has 1 saturated carbocycles. The molecule has 2 unspecified atom stereocenters. The Morgan fingerprint density at radius 3 is 2.68 bits per heavy atom. The van der Waals surface area contributed by atoms with Crippen molar-refractivity contribution in [2.75, 3.05) is 0 Å². The Hall–Kier alpha value is -2.37. The van der Waals surface area contributed by atoms with Gasteiger partial charge >= 0.3 is 6.18 Å². The molecule has 3 nitrogen and oxygen atoms in total. The minimum atomic E-state index is -4.12. The van der Waals surface area contributed by atoms with Gasteiger partial charge in [-0.15, -0.1) is 0 Å². The highest BCUT2D eigenvalue weighted by atomic mass is 19.4. The van der Waals surface area contributed by atoms with Crippen LogP contribution < -0.4 is 5.73 Å². The lowest BCUT2D eigenvalue weighted by molar-refractivity contribution is -0.183. The van der Waals surface area contributed by atoms with Gasteiger partial charge in [-0.25, -0.2) is 0 Å². The van der Waals surface area contributed by atoms with Crippen LogP contribution in [-0.4, -0.2) is 17.1 Å². The summed E-state index contributed by atoms with van der Waals surface area (Å²) < 4.78 is 39.6. The topological polar surface area (TPSA) is 56.0 Å². The first-order valence-corrected chi connectivity index (χ1v) is 9.71. The number of nitrogens with zero attached hydrogens (tertiary/aromatic N) is 1. The molecule has 0 aromatic carbocycles. The molecule has 2 N–H and O–H groups in total. The van der Waals surface area contributed by atoms with Crippen molar-refractivity contribution in [2.45, 2.75) is 51.6 Å². The van der Waals surface area contributed by atoms with Gasteiger partial charge in [0.15, 0.2) is 0 Å². The van der Waals surface area contributed by atoms with Crippen LogP contribution in [0.15, 0.2) is 46.7 Å². The quantitative estimate of drug-likeness (QED) is 0.773. The number of aromatic nitrogens is 1. The SMILES string of the molecule is Cc1ncccc1C1=C2CCC3CC(C(F)(F)F)CCC3=C2CC=C1C(N)=O. The number of pyridine rings is 1. The average molecular weight is 388 g/mol. The molecular formula is C22H23F3N2O. The third-order valence-corrected chi connectivity index (χ3v) is 6.40. The van der Waals surface area contributed by atoms with Crippen LogP contribution in [0.4, 0.5) is 13.2 Å². The van der Waals surface area contributed by atoms with E-state index >= 15 is 0 Å². The lowest BCUT2D eigenvalue weighted by atomic mass is 9.66. The molecule has 0 bridgehead atoms. The van der Waals surface area contributed by atoms with Gasteiger partial charge in [0.05, 0.1) is 5.92 Å². The molecule has 1 aromatic heterocycles. The molecule has 28 heavy (non-hydrogen) atoms. The van der Waals surface area contributed by atoms with E-state index in [4.69, 9.17) is 5.73 Å². The van der Waals surface area contributed by atoms with Crippen molar-refractivity contribution in [1.29, 1.82) is 0 Å². The Morgan fingerprint density at radius 2 is 2.00 bits per heavy atom. The maximum Gasteiger partial charge on any atom is 0.391 e. The predicted molar refractivity (Wildman–Crippen MR) is 101 cm³/mol. The smallest absolute Gasteiger partial charge is 0.366 e. The number of rotatable bonds is 2. The summed E-state index contributed by atoms with van der Waals surface area (Å²) in [5.41, 5.74) is 12.0. The van der Waals surface area contributed by atoms with Crippen molar-refractivity contribution < 1.29 is 18.0 Å². The number of hydrogen-bond donors (Lipinski definition) is 1. The van der Waals surface area contributed by atoms with Gasteiger partial charge in [0, 0.05) is 23.0 Å². The molecule has 1 heterocycles. The Kier molecular flexibility index (Phi) is 4.68. The van der Waals surface area contributed by atoms with E-state index < -0.39 is 18.0 Å². The van der Waals surface area contributed by atoms with E-state index in [1.807, 2.05) is 25.1 Å². The van der Waals surface area contributed by atoms with Crippen molar-refractivity contribution in [2.24, 2.45) is 17.6 Å². The molecule has 3 aliphatic rings. The Morgan fingerprint density at radius 1 is 1.21 bits per heavy atom. The zero-order valence-electron chi connectivity index (χ0n) is 15.8. The van der Waals surface area contributed by atoms with Gasteiger partial charge in [-0.2, -0.15) is 13.2 Å². The molecule has 0 saturated heterocycles. The van der Waals surface area contributed by atoms with E-state index in [9.17, 15) is 18.0 Å². The van der Waals surface area contributed by atoms with E-state index in [1.165, 1.54) is 0 Å². The maximum atomic E-state index is 13.2. The minimum absolute atomic E-state index is 0.0149. The fourth-order valence-electron chi connectivity index (χ4n) is 5.07. The van der Waals surface area contributed by atoms with Crippen LogP contribution in [0.2, 0.25) is 0 Å². The molecule has 0 spiro atoms. The molecule has 1 amide bonds. The van der Waals surface area contributed by atoms with Gasteiger partial charge in [0.25, 0.3) is 0 Å². The molecule has 6 heteroatoms. The van der Waals surface area contributed by atoms with Crippen molar-refractivity contribution in [3.05, 3.63) is 58.0 Å². The normalized spacial score (nSPS) is 25.2. The highest BCUT2D eigenvalue weighted by Gasteiger charge is 2.45. The second kappa shape index (κ2) is 6.90. The average Bonchev–Trinajstić information content (AvgIpc) is 2.66. The highest BCUT2D eigenvalue weighted by Crippen LogP contribution is 2.52. The number of halogens is 3. The fraction of sp³-hybridized carbons (Fsp3) is 0.455.